The normalized spacial score (nSPS) is 15.3. The topological polar surface area (TPSA) is 89.4 Å². The van der Waals surface area contributed by atoms with Crippen LogP contribution >= 0.6 is 11.3 Å². The minimum Gasteiger partial charge on any atom is -0.310 e. The molecule has 0 N–H and O–H groups in total. The van der Waals surface area contributed by atoms with Gasteiger partial charge in [-0.3, -0.25) is 14.3 Å². The van der Waals surface area contributed by atoms with Crippen molar-refractivity contribution >= 4 is 23.0 Å². The first-order valence-electron chi connectivity index (χ1n) is 9.53. The van der Waals surface area contributed by atoms with E-state index in [0.717, 1.165) is 38.1 Å². The van der Waals surface area contributed by atoms with Crippen molar-refractivity contribution in [3.8, 4) is 6.07 Å². The van der Waals surface area contributed by atoms with E-state index >= 15 is 0 Å². The van der Waals surface area contributed by atoms with Crippen molar-refractivity contribution in [1.29, 1.82) is 5.26 Å². The Hall–Kier alpha value is -3.31. The van der Waals surface area contributed by atoms with Gasteiger partial charge < -0.3 is 4.57 Å². The molecule has 29 heavy (non-hydrogen) atoms. The first-order valence-corrected chi connectivity index (χ1v) is 10.3. The van der Waals surface area contributed by atoms with Crippen LogP contribution in [0.15, 0.2) is 41.8 Å². The number of aryl methyl sites for hydroxylation is 1. The summed E-state index contributed by atoms with van der Waals surface area (Å²) >= 11 is 1.27. The average Bonchev–Trinajstić information content (AvgIpc) is 3.16. The number of hydrogen-bond donors (Lipinski definition) is 0. The van der Waals surface area contributed by atoms with Crippen LogP contribution in [0.3, 0.4) is 0 Å². The fourth-order valence-electron chi connectivity index (χ4n) is 3.46. The molecule has 1 aliphatic heterocycles. The van der Waals surface area contributed by atoms with Crippen molar-refractivity contribution in [3.63, 3.8) is 0 Å². The molecule has 4 heterocycles. The van der Waals surface area contributed by atoms with Gasteiger partial charge in [0.25, 0.3) is 5.56 Å². The molecule has 0 fully saturated rings. The largest absolute Gasteiger partial charge is 0.310 e. The van der Waals surface area contributed by atoms with Crippen molar-refractivity contribution in [3.05, 3.63) is 73.9 Å². The fourth-order valence-corrected chi connectivity index (χ4v) is 4.55. The van der Waals surface area contributed by atoms with E-state index in [9.17, 15) is 10.1 Å². The van der Waals surface area contributed by atoms with Crippen molar-refractivity contribution < 1.29 is 0 Å². The van der Waals surface area contributed by atoms with Crippen molar-refractivity contribution in [2.24, 2.45) is 0 Å². The van der Waals surface area contributed by atoms with Crippen LogP contribution in [0.5, 0.6) is 0 Å². The lowest BCUT2D eigenvalue weighted by Gasteiger charge is -2.06. The van der Waals surface area contributed by atoms with Crippen LogP contribution in [0.1, 0.15) is 36.6 Å². The van der Waals surface area contributed by atoms with E-state index in [1.165, 1.54) is 11.3 Å². The van der Waals surface area contributed by atoms with E-state index in [2.05, 4.69) is 27.8 Å². The molecular formula is C21H20N6OS. The van der Waals surface area contributed by atoms with E-state index in [1.54, 1.807) is 22.9 Å². The summed E-state index contributed by atoms with van der Waals surface area (Å²) in [5.41, 5.74) is 0.896. The third-order valence-electron chi connectivity index (χ3n) is 4.84. The molecule has 7 nitrogen and oxygen atoms in total. The zero-order valence-electron chi connectivity index (χ0n) is 15.9. The predicted molar refractivity (Wildman–Crippen MR) is 112 cm³/mol. The predicted octanol–water partition coefficient (Wildman–Crippen LogP) is 1.36. The minimum absolute atomic E-state index is 0.168. The first kappa shape index (κ1) is 19.0. The molecule has 8 heteroatoms. The van der Waals surface area contributed by atoms with Gasteiger partial charge in [-0.2, -0.15) is 5.26 Å². The minimum atomic E-state index is -0.168. The number of rotatable bonds is 4. The maximum Gasteiger partial charge on any atom is 0.269 e. The van der Waals surface area contributed by atoms with Gasteiger partial charge >= 0.3 is 0 Å². The van der Waals surface area contributed by atoms with Crippen molar-refractivity contribution in [1.82, 2.24) is 24.3 Å². The van der Waals surface area contributed by atoms with Crippen LogP contribution in [-0.2, 0) is 19.5 Å². The van der Waals surface area contributed by atoms with Crippen LogP contribution < -0.4 is 14.8 Å². The highest BCUT2D eigenvalue weighted by molar-refractivity contribution is 7.07. The van der Waals surface area contributed by atoms with Gasteiger partial charge in [0.15, 0.2) is 5.82 Å². The zero-order valence-corrected chi connectivity index (χ0v) is 16.7. The lowest BCUT2D eigenvalue weighted by Crippen LogP contribution is -2.32. The van der Waals surface area contributed by atoms with Crippen LogP contribution in [0, 0.1) is 11.3 Å². The smallest absolute Gasteiger partial charge is 0.269 e. The van der Waals surface area contributed by atoms with E-state index in [4.69, 9.17) is 0 Å². The second-order valence-corrected chi connectivity index (χ2v) is 7.79. The standard InChI is InChI=1S/C21H20N6OS/c1-2-11-27-20(28)17(13-15-8-5-6-10-23-15)29-21(27)16(14-22)19-25-24-18-9-4-3-7-12-26(18)19/h2,5-6,8,10,13H,1,3-4,7,9,11-12H2/b17-13-,21-16-. The Bertz CT molecular complexity index is 1260. The summed E-state index contributed by atoms with van der Waals surface area (Å²) in [6, 6.07) is 7.81. The van der Waals surface area contributed by atoms with Gasteiger partial charge in [0.05, 0.1) is 10.2 Å². The maximum absolute atomic E-state index is 13.0. The van der Waals surface area contributed by atoms with E-state index in [1.807, 2.05) is 22.8 Å². The lowest BCUT2D eigenvalue weighted by molar-refractivity contribution is 0.626. The zero-order chi connectivity index (χ0) is 20.2. The molecule has 0 aromatic carbocycles. The van der Waals surface area contributed by atoms with Gasteiger partial charge in [0, 0.05) is 25.7 Å². The fraction of sp³-hybridized carbons (Fsp3) is 0.286. The summed E-state index contributed by atoms with van der Waals surface area (Å²) in [5.74, 6) is 1.44. The number of nitrogens with zero attached hydrogens (tertiary/aromatic N) is 6. The van der Waals surface area contributed by atoms with Crippen LogP contribution in [0.2, 0.25) is 0 Å². The third kappa shape index (κ3) is 3.69. The number of fused-ring (bicyclic) bond motifs is 1. The number of allylic oxidation sites excluding steroid dienone is 1. The molecule has 4 rings (SSSR count). The number of aromatic nitrogens is 5. The number of hydrogen-bond acceptors (Lipinski definition) is 6. The molecule has 0 amide bonds. The quantitative estimate of drug-likeness (QED) is 0.613. The molecule has 146 valence electrons. The molecule has 0 atom stereocenters. The van der Waals surface area contributed by atoms with Gasteiger partial charge in [-0.1, -0.05) is 18.6 Å². The highest BCUT2D eigenvalue weighted by Gasteiger charge is 2.20. The molecule has 1 aliphatic rings. The van der Waals surface area contributed by atoms with Crippen molar-refractivity contribution in [2.75, 3.05) is 0 Å². The Kier molecular flexibility index (Phi) is 5.49. The Labute approximate surface area is 171 Å². The SMILES string of the molecule is C=CCn1c(=O)/c(=C/c2ccccn2)s/c1=C(/C#N)c1nnc2n1CCCCC2. The summed E-state index contributed by atoms with van der Waals surface area (Å²) in [6.45, 7) is 4.86. The van der Waals surface area contributed by atoms with Crippen LogP contribution in [-0.4, -0.2) is 24.3 Å². The summed E-state index contributed by atoms with van der Waals surface area (Å²) in [4.78, 5) is 17.3. The number of thiazole rings is 1. The second-order valence-electron chi connectivity index (χ2n) is 6.76. The Balaban J connectivity index is 1.99. The second kappa shape index (κ2) is 8.37. The summed E-state index contributed by atoms with van der Waals surface area (Å²) in [6.07, 6.45) is 9.17. The van der Waals surface area contributed by atoms with Gasteiger partial charge in [0.1, 0.15) is 22.1 Å². The molecule has 0 aliphatic carbocycles. The Morgan fingerprint density at radius 1 is 1.31 bits per heavy atom. The average molecular weight is 404 g/mol. The van der Waals surface area contributed by atoms with E-state index in [-0.39, 0.29) is 5.56 Å². The Morgan fingerprint density at radius 3 is 2.97 bits per heavy atom. The monoisotopic (exact) mass is 404 g/mol. The molecular weight excluding hydrogens is 384 g/mol. The molecule has 0 spiro atoms. The van der Waals surface area contributed by atoms with Gasteiger partial charge in [-0.05, 0) is 31.1 Å². The van der Waals surface area contributed by atoms with Crippen molar-refractivity contribution in [2.45, 2.75) is 38.8 Å². The molecule has 0 radical (unpaired) electrons. The van der Waals surface area contributed by atoms with Crippen LogP contribution in [0.4, 0.5) is 0 Å². The first-order chi connectivity index (χ1) is 14.2. The lowest BCUT2D eigenvalue weighted by atomic mass is 10.2. The van der Waals surface area contributed by atoms with E-state index < -0.39 is 0 Å². The molecule has 3 aromatic rings. The number of nitriles is 1. The van der Waals surface area contributed by atoms with Gasteiger partial charge in [0.2, 0.25) is 0 Å². The third-order valence-corrected chi connectivity index (χ3v) is 5.98. The molecule has 0 saturated carbocycles. The van der Waals surface area contributed by atoms with Gasteiger partial charge in [-0.25, -0.2) is 0 Å². The molecule has 0 saturated heterocycles. The maximum atomic E-state index is 13.0. The summed E-state index contributed by atoms with van der Waals surface area (Å²) in [7, 11) is 0. The van der Waals surface area contributed by atoms with E-state index in [0.29, 0.717) is 32.8 Å². The molecule has 3 aromatic heterocycles. The van der Waals surface area contributed by atoms with Crippen LogP contribution in [0.25, 0.3) is 11.6 Å². The molecule has 0 bridgehead atoms. The van der Waals surface area contributed by atoms with Gasteiger partial charge in [-0.15, -0.1) is 28.1 Å². The summed E-state index contributed by atoms with van der Waals surface area (Å²) < 4.78 is 4.68. The number of pyridine rings is 1. The molecule has 0 unspecified atom stereocenters. The summed E-state index contributed by atoms with van der Waals surface area (Å²) in [5, 5.41) is 18.6. The highest BCUT2D eigenvalue weighted by atomic mass is 32.1. The Morgan fingerprint density at radius 2 is 2.21 bits per heavy atom. The highest BCUT2D eigenvalue weighted by Crippen LogP contribution is 2.18.